The van der Waals surface area contributed by atoms with Crippen molar-refractivity contribution in [3.8, 4) is 0 Å². The van der Waals surface area contributed by atoms with Crippen molar-refractivity contribution in [2.45, 2.75) is 95.2 Å². The molecule has 3 amide bonds. The molecule has 6 atom stereocenters. The molecule has 0 aromatic rings. The predicted molar refractivity (Wildman–Crippen MR) is 146 cm³/mol. The number of ether oxygens (including phenoxy) is 4. The fourth-order valence-electron chi connectivity index (χ4n) is 5.74. The van der Waals surface area contributed by atoms with Gasteiger partial charge in [-0.3, -0.25) is 9.59 Å². The lowest BCUT2D eigenvalue weighted by atomic mass is 9.68. The van der Waals surface area contributed by atoms with Gasteiger partial charge in [-0.05, 0) is 59.9 Å². The van der Waals surface area contributed by atoms with Crippen LogP contribution in [0.1, 0.15) is 65.7 Å². The fourth-order valence-corrected chi connectivity index (χ4v) is 5.74. The third-order valence-electron chi connectivity index (χ3n) is 7.95. The maximum atomic E-state index is 12.6. The van der Waals surface area contributed by atoms with Gasteiger partial charge in [-0.15, -0.1) is 0 Å². The zero-order valence-corrected chi connectivity index (χ0v) is 24.2. The van der Waals surface area contributed by atoms with E-state index in [1.807, 2.05) is 0 Å². The van der Waals surface area contributed by atoms with Gasteiger partial charge in [-0.2, -0.15) is 0 Å². The minimum atomic E-state index is -0.450. The predicted octanol–water partition coefficient (Wildman–Crippen LogP) is 1.80. The molecule has 0 bridgehead atoms. The van der Waals surface area contributed by atoms with Crippen LogP contribution in [0.5, 0.6) is 0 Å². The van der Waals surface area contributed by atoms with Gasteiger partial charge in [-0.1, -0.05) is 18.1 Å². The zero-order chi connectivity index (χ0) is 28.5. The first kappa shape index (κ1) is 31.3. The molecule has 11 nitrogen and oxygen atoms in total. The van der Waals surface area contributed by atoms with Crippen molar-refractivity contribution in [2.24, 2.45) is 5.92 Å². The molecule has 1 spiro atoms. The number of epoxide rings is 2. The van der Waals surface area contributed by atoms with E-state index >= 15 is 0 Å². The molecule has 39 heavy (non-hydrogen) atoms. The van der Waals surface area contributed by atoms with Crippen LogP contribution in [0.15, 0.2) is 11.6 Å². The first-order chi connectivity index (χ1) is 18.6. The Bertz CT molecular complexity index is 874. The molecule has 3 fully saturated rings. The van der Waals surface area contributed by atoms with Gasteiger partial charge in [0.15, 0.2) is 0 Å². The maximum Gasteiger partial charge on any atom is 0.407 e. The SMILES string of the molecule is CNCC(=O)NCCNC(=O)CCCCCNC(=O)OC1CC[C@]2(CO2)C([C@]2(C)O[C@@H]2CC=C(C)C)C1OC. The second-order valence-corrected chi connectivity index (χ2v) is 11.3. The number of nitrogens with one attached hydrogen (secondary N) is 4. The van der Waals surface area contributed by atoms with Crippen LogP contribution >= 0.6 is 0 Å². The topological polar surface area (TPSA) is 143 Å². The number of methoxy groups -OCH3 is 1. The highest BCUT2D eigenvalue weighted by Crippen LogP contribution is 2.59. The summed E-state index contributed by atoms with van der Waals surface area (Å²) in [6.45, 7) is 8.53. The Morgan fingerprint density at radius 2 is 1.74 bits per heavy atom. The molecular formula is C28H48N4O7. The van der Waals surface area contributed by atoms with Crippen molar-refractivity contribution in [1.82, 2.24) is 21.3 Å². The summed E-state index contributed by atoms with van der Waals surface area (Å²) in [7, 11) is 3.37. The summed E-state index contributed by atoms with van der Waals surface area (Å²) in [4.78, 5) is 35.8. The van der Waals surface area contributed by atoms with Crippen LogP contribution < -0.4 is 21.3 Å². The van der Waals surface area contributed by atoms with Crippen molar-refractivity contribution in [2.75, 3.05) is 46.9 Å². The third kappa shape index (κ3) is 8.89. The number of alkyl carbamates (subject to hydrolysis) is 1. The third-order valence-corrected chi connectivity index (χ3v) is 7.95. The number of carbonyl (C=O) groups excluding carboxylic acids is 3. The summed E-state index contributed by atoms with van der Waals surface area (Å²) in [5, 5.41) is 11.1. The second-order valence-electron chi connectivity index (χ2n) is 11.3. The number of carbonyl (C=O) groups is 3. The number of unbranched alkanes of at least 4 members (excludes halogenated alkanes) is 2. The van der Waals surface area contributed by atoms with E-state index in [1.54, 1.807) is 14.2 Å². The summed E-state index contributed by atoms with van der Waals surface area (Å²) < 4.78 is 23.9. The summed E-state index contributed by atoms with van der Waals surface area (Å²) in [6.07, 6.45) is 6.22. The fraction of sp³-hybridized carbons (Fsp3) is 0.821. The number of allylic oxidation sites excluding steroid dienone is 1. The molecule has 4 N–H and O–H groups in total. The molecule has 11 heteroatoms. The van der Waals surface area contributed by atoms with Gasteiger partial charge in [0, 0.05) is 33.2 Å². The largest absolute Gasteiger partial charge is 0.443 e. The average Bonchev–Trinajstić information content (AvgIpc) is 3.80. The van der Waals surface area contributed by atoms with E-state index in [0.29, 0.717) is 39.1 Å². The van der Waals surface area contributed by atoms with E-state index in [0.717, 1.165) is 32.1 Å². The summed E-state index contributed by atoms with van der Waals surface area (Å²) in [5.74, 6) is -0.154. The summed E-state index contributed by atoms with van der Waals surface area (Å²) >= 11 is 0. The van der Waals surface area contributed by atoms with E-state index < -0.39 is 6.09 Å². The molecule has 2 heterocycles. The number of rotatable bonds is 16. The van der Waals surface area contributed by atoms with Gasteiger partial charge in [-0.25, -0.2) is 4.79 Å². The zero-order valence-electron chi connectivity index (χ0n) is 24.2. The first-order valence-electron chi connectivity index (χ1n) is 14.3. The highest BCUT2D eigenvalue weighted by atomic mass is 16.6. The molecule has 2 saturated heterocycles. The van der Waals surface area contributed by atoms with E-state index in [4.69, 9.17) is 18.9 Å². The second kappa shape index (κ2) is 14.4. The minimum absolute atomic E-state index is 0.00660. The highest BCUT2D eigenvalue weighted by molar-refractivity contribution is 5.78. The van der Waals surface area contributed by atoms with Gasteiger partial charge < -0.3 is 40.2 Å². The quantitative estimate of drug-likeness (QED) is 0.129. The smallest absolute Gasteiger partial charge is 0.407 e. The van der Waals surface area contributed by atoms with Crippen molar-refractivity contribution in [3.63, 3.8) is 0 Å². The van der Waals surface area contributed by atoms with E-state index in [-0.39, 0.29) is 53.8 Å². The van der Waals surface area contributed by atoms with Crippen LogP contribution in [0, 0.1) is 5.92 Å². The lowest BCUT2D eigenvalue weighted by Gasteiger charge is -2.42. The Morgan fingerprint density at radius 3 is 2.38 bits per heavy atom. The van der Waals surface area contributed by atoms with Gasteiger partial charge in [0.05, 0.1) is 25.2 Å². The molecule has 3 aliphatic rings. The van der Waals surface area contributed by atoms with Gasteiger partial charge in [0.1, 0.15) is 23.4 Å². The lowest BCUT2D eigenvalue weighted by Crippen LogP contribution is -2.56. The maximum absolute atomic E-state index is 12.6. The van der Waals surface area contributed by atoms with Crippen molar-refractivity contribution in [1.29, 1.82) is 0 Å². The monoisotopic (exact) mass is 552 g/mol. The van der Waals surface area contributed by atoms with Crippen LogP contribution in [0.2, 0.25) is 0 Å². The molecule has 0 aromatic carbocycles. The summed E-state index contributed by atoms with van der Waals surface area (Å²) in [6, 6.07) is 0. The van der Waals surface area contributed by atoms with Crippen LogP contribution in [0.3, 0.4) is 0 Å². The molecule has 1 aliphatic carbocycles. The standard InChI is InChI=1S/C28H48N4O7/c1-19(2)10-11-21-27(3,39-21)25-24(36-5)20(12-13-28(25)18-37-28)38-26(35)32-14-8-6-7-9-22(33)30-15-16-31-23(34)17-29-4/h10,20-21,24-25,29H,6-9,11-18H2,1-5H3,(H,30,33)(H,31,34)(H,32,35)/t20?,21-,24?,25?,27-,28+/m1/s1. The molecule has 3 unspecified atom stereocenters. The molecule has 0 aromatic heterocycles. The van der Waals surface area contributed by atoms with Gasteiger partial charge in [0.25, 0.3) is 0 Å². The van der Waals surface area contributed by atoms with Gasteiger partial charge >= 0.3 is 6.09 Å². The van der Waals surface area contributed by atoms with Crippen molar-refractivity contribution < 1.29 is 33.3 Å². The molecule has 3 rings (SSSR count). The first-order valence-corrected chi connectivity index (χ1v) is 14.3. The normalized spacial score (nSPS) is 30.8. The van der Waals surface area contributed by atoms with Gasteiger partial charge in [0.2, 0.25) is 11.8 Å². The van der Waals surface area contributed by atoms with Crippen LogP contribution in [0.25, 0.3) is 0 Å². The molecule has 0 radical (unpaired) electrons. The van der Waals surface area contributed by atoms with Crippen molar-refractivity contribution >= 4 is 17.9 Å². The Balaban J connectivity index is 1.33. The molecule has 1 saturated carbocycles. The summed E-state index contributed by atoms with van der Waals surface area (Å²) in [5.41, 5.74) is 0.646. The number of amides is 3. The van der Waals surface area contributed by atoms with Crippen LogP contribution in [-0.4, -0.2) is 94.4 Å². The average molecular weight is 553 g/mol. The van der Waals surface area contributed by atoms with E-state index in [1.165, 1.54) is 5.57 Å². The highest BCUT2D eigenvalue weighted by Gasteiger charge is 2.72. The Hall–Kier alpha value is -2.21. The van der Waals surface area contributed by atoms with E-state index in [9.17, 15) is 14.4 Å². The molecule has 2 aliphatic heterocycles. The minimum Gasteiger partial charge on any atom is -0.443 e. The number of hydrogen-bond acceptors (Lipinski definition) is 8. The number of hydrogen-bond donors (Lipinski definition) is 4. The Labute approximate surface area is 232 Å². The van der Waals surface area contributed by atoms with E-state index in [2.05, 4.69) is 48.1 Å². The lowest BCUT2D eigenvalue weighted by molar-refractivity contribution is -0.122. The van der Waals surface area contributed by atoms with Crippen LogP contribution in [0.4, 0.5) is 4.79 Å². The molecule has 222 valence electrons. The molecular weight excluding hydrogens is 504 g/mol. The Kier molecular flexibility index (Phi) is 11.6. The Morgan fingerprint density at radius 1 is 1.03 bits per heavy atom. The number of likely N-dealkylation sites (N-methyl/N-ethyl adjacent to an activating group) is 1. The van der Waals surface area contributed by atoms with Crippen molar-refractivity contribution in [3.05, 3.63) is 11.6 Å². The van der Waals surface area contributed by atoms with Crippen LogP contribution in [-0.2, 0) is 28.5 Å².